The lowest BCUT2D eigenvalue weighted by molar-refractivity contribution is -0.141. The number of hydrogen-bond acceptors (Lipinski definition) is 7. The van der Waals surface area contributed by atoms with E-state index >= 15 is 0 Å². The highest BCUT2D eigenvalue weighted by molar-refractivity contribution is 8.00. The zero-order valence-corrected chi connectivity index (χ0v) is 24.8. The molecule has 3 saturated carbocycles. The van der Waals surface area contributed by atoms with E-state index in [1.54, 1.807) is 0 Å². The molecule has 4 rings (SSSR count). The number of amides is 2. The quantitative estimate of drug-likeness (QED) is 0.310. The molecule has 3 fully saturated rings. The minimum absolute atomic E-state index is 0.0535. The van der Waals surface area contributed by atoms with E-state index in [1.165, 1.54) is 50.3 Å². The van der Waals surface area contributed by atoms with Crippen molar-refractivity contribution in [1.29, 1.82) is 0 Å². The van der Waals surface area contributed by atoms with E-state index in [-0.39, 0.29) is 47.3 Å². The molecule has 3 aliphatic carbocycles. The number of carboxylic acids is 1. The normalized spacial score (nSPS) is 27.7. The van der Waals surface area contributed by atoms with E-state index in [4.69, 9.17) is 9.26 Å². The Balaban J connectivity index is 1.36. The fourth-order valence-corrected chi connectivity index (χ4v) is 7.49. The van der Waals surface area contributed by atoms with Crippen LogP contribution in [0.1, 0.15) is 103 Å². The van der Waals surface area contributed by atoms with Crippen molar-refractivity contribution in [3.8, 4) is 5.88 Å². The van der Waals surface area contributed by atoms with E-state index in [2.05, 4.69) is 22.7 Å². The van der Waals surface area contributed by atoms with Gasteiger partial charge < -0.3 is 25.0 Å². The summed E-state index contributed by atoms with van der Waals surface area (Å²) < 4.78 is 11.5. The van der Waals surface area contributed by atoms with Crippen molar-refractivity contribution in [3.63, 3.8) is 0 Å². The summed E-state index contributed by atoms with van der Waals surface area (Å²) in [5.74, 6) is 0.409. The van der Waals surface area contributed by atoms with Crippen LogP contribution >= 0.6 is 11.8 Å². The van der Waals surface area contributed by atoms with Gasteiger partial charge in [-0.3, -0.25) is 14.4 Å². The van der Waals surface area contributed by atoms with Gasteiger partial charge in [0.05, 0.1) is 11.5 Å². The highest BCUT2D eigenvalue weighted by Crippen LogP contribution is 2.44. The standard InChI is InChI=1S/C29H45N3O6S/c1-16(2)39-24-23(26(34)30-17(3)22-12-18-7-6-8-19(11-18)13-22)38-32-27(24)37-15-29(4,5)31-25(33)20-9-10-21(14-20)28(35)36/h16-22H,6-15H2,1-5H3,(H,30,34)(H,31,33)(H,35,36)/t17?,18?,19?,20-,21+,22?/m0/s1. The molecule has 5 atom stereocenters. The van der Waals surface area contributed by atoms with Crippen LogP contribution in [0.25, 0.3) is 0 Å². The lowest BCUT2D eigenvalue weighted by Crippen LogP contribution is -2.49. The monoisotopic (exact) mass is 563 g/mol. The van der Waals surface area contributed by atoms with E-state index in [9.17, 15) is 19.5 Å². The number of carboxylic acid groups (broad SMARTS) is 1. The van der Waals surface area contributed by atoms with Gasteiger partial charge in [-0.25, -0.2) is 0 Å². The first-order chi connectivity index (χ1) is 18.4. The van der Waals surface area contributed by atoms with E-state index in [0.717, 1.165) is 11.8 Å². The van der Waals surface area contributed by atoms with Gasteiger partial charge in [0, 0.05) is 17.2 Å². The van der Waals surface area contributed by atoms with Crippen LogP contribution in [0.5, 0.6) is 5.88 Å². The number of nitrogens with zero attached hydrogens (tertiary/aromatic N) is 1. The summed E-state index contributed by atoms with van der Waals surface area (Å²) in [6.07, 6.45) is 9.10. The molecule has 0 aliphatic heterocycles. The second kappa shape index (κ2) is 12.5. The molecule has 0 saturated heterocycles. The first kappa shape index (κ1) is 29.7. The lowest BCUT2D eigenvalue weighted by Gasteiger charge is -2.41. The van der Waals surface area contributed by atoms with Crippen molar-refractivity contribution in [3.05, 3.63) is 5.76 Å². The highest BCUT2D eigenvalue weighted by Gasteiger charge is 2.37. The Labute approximate surface area is 235 Å². The molecule has 0 spiro atoms. The Morgan fingerprint density at radius 2 is 1.72 bits per heavy atom. The molecule has 10 heteroatoms. The second-order valence-electron chi connectivity index (χ2n) is 12.9. The fraction of sp³-hybridized carbons (Fsp3) is 0.793. The van der Waals surface area contributed by atoms with Gasteiger partial charge in [-0.1, -0.05) is 33.1 Å². The summed E-state index contributed by atoms with van der Waals surface area (Å²) in [6, 6.07) is 0.0535. The molecule has 1 aromatic heterocycles. The molecule has 3 unspecified atom stereocenters. The number of nitrogens with one attached hydrogen (secondary N) is 2. The molecule has 9 nitrogen and oxygen atoms in total. The molecule has 0 aromatic carbocycles. The number of aliphatic carboxylic acids is 1. The summed E-state index contributed by atoms with van der Waals surface area (Å²) in [5, 5.41) is 19.7. The first-order valence-corrected chi connectivity index (χ1v) is 15.4. The number of thioether (sulfide) groups is 1. The largest absolute Gasteiger partial charge is 0.481 e. The molecular weight excluding hydrogens is 518 g/mol. The van der Waals surface area contributed by atoms with Gasteiger partial charge in [-0.2, -0.15) is 0 Å². The topological polar surface area (TPSA) is 131 Å². The molecule has 1 aromatic rings. The SMILES string of the molecule is CC(C)Sc1c(OCC(C)(C)NC(=O)[C@H]2CC[C@@H](C(=O)O)C2)noc1C(=O)NC(C)C1CC2CCCC(C2)C1. The van der Waals surface area contributed by atoms with Gasteiger partial charge >= 0.3 is 5.97 Å². The Hall–Kier alpha value is -2.23. The Kier molecular flexibility index (Phi) is 9.55. The van der Waals surface area contributed by atoms with Crippen molar-refractivity contribution < 1.29 is 28.8 Å². The van der Waals surface area contributed by atoms with Crippen LogP contribution in [0, 0.1) is 29.6 Å². The van der Waals surface area contributed by atoms with Gasteiger partial charge in [0.15, 0.2) is 0 Å². The van der Waals surface area contributed by atoms with Crippen molar-refractivity contribution >= 4 is 29.5 Å². The lowest BCUT2D eigenvalue weighted by atomic mass is 9.66. The molecule has 0 radical (unpaired) electrons. The van der Waals surface area contributed by atoms with E-state index in [1.807, 2.05) is 27.7 Å². The third-order valence-electron chi connectivity index (χ3n) is 8.59. The molecule has 2 bridgehead atoms. The Morgan fingerprint density at radius 3 is 2.33 bits per heavy atom. The average Bonchev–Trinajstić information content (AvgIpc) is 3.50. The predicted octanol–water partition coefficient (Wildman–Crippen LogP) is 5.28. The molecule has 39 heavy (non-hydrogen) atoms. The number of ether oxygens (including phenoxy) is 1. The number of fused-ring (bicyclic) bond motifs is 2. The summed E-state index contributed by atoms with van der Waals surface area (Å²) in [5.41, 5.74) is -0.729. The van der Waals surface area contributed by atoms with Gasteiger partial charge in [0.1, 0.15) is 11.5 Å². The molecule has 218 valence electrons. The second-order valence-corrected chi connectivity index (χ2v) is 14.5. The van der Waals surface area contributed by atoms with Gasteiger partial charge in [0.2, 0.25) is 11.7 Å². The van der Waals surface area contributed by atoms with Gasteiger partial charge in [0.25, 0.3) is 11.8 Å². The average molecular weight is 564 g/mol. The number of carbonyl (C=O) groups excluding carboxylic acids is 2. The molecule has 2 amide bonds. The Morgan fingerprint density at radius 1 is 1.05 bits per heavy atom. The third-order valence-corrected chi connectivity index (χ3v) is 9.66. The zero-order valence-electron chi connectivity index (χ0n) is 24.0. The van der Waals surface area contributed by atoms with Crippen molar-refractivity contribution in [2.45, 2.75) is 114 Å². The maximum Gasteiger partial charge on any atom is 0.306 e. The van der Waals surface area contributed by atoms with E-state index < -0.39 is 17.4 Å². The molecule has 3 N–H and O–H groups in total. The number of rotatable bonds is 11. The minimum atomic E-state index is -0.843. The van der Waals surface area contributed by atoms with Crippen LogP contribution in [0.3, 0.4) is 0 Å². The van der Waals surface area contributed by atoms with E-state index in [0.29, 0.717) is 30.1 Å². The zero-order chi connectivity index (χ0) is 28.3. The molecule has 3 aliphatic rings. The van der Waals surface area contributed by atoms with Gasteiger partial charge in [-0.15, -0.1) is 11.8 Å². The van der Waals surface area contributed by atoms with Crippen LogP contribution in [0.4, 0.5) is 0 Å². The molecule has 1 heterocycles. The number of hydrogen-bond donors (Lipinski definition) is 3. The predicted molar refractivity (Wildman–Crippen MR) is 149 cm³/mol. The van der Waals surface area contributed by atoms with Crippen LogP contribution in [-0.2, 0) is 9.59 Å². The number of aromatic nitrogens is 1. The van der Waals surface area contributed by atoms with Crippen LogP contribution in [-0.4, -0.2) is 51.5 Å². The minimum Gasteiger partial charge on any atom is -0.481 e. The summed E-state index contributed by atoms with van der Waals surface area (Å²) in [4.78, 5) is 37.9. The summed E-state index contributed by atoms with van der Waals surface area (Å²) in [6.45, 7) is 9.97. The number of carbonyl (C=O) groups is 3. The van der Waals surface area contributed by atoms with Crippen molar-refractivity contribution in [1.82, 2.24) is 15.8 Å². The first-order valence-electron chi connectivity index (χ1n) is 14.6. The maximum atomic E-state index is 13.3. The maximum absolute atomic E-state index is 13.3. The van der Waals surface area contributed by atoms with Crippen molar-refractivity contribution in [2.75, 3.05) is 6.61 Å². The molecular formula is C29H45N3O6S. The van der Waals surface area contributed by atoms with Crippen LogP contribution < -0.4 is 15.4 Å². The fourth-order valence-electron chi connectivity index (χ4n) is 6.59. The summed E-state index contributed by atoms with van der Waals surface area (Å²) in [7, 11) is 0. The van der Waals surface area contributed by atoms with Crippen LogP contribution in [0.2, 0.25) is 0 Å². The van der Waals surface area contributed by atoms with Gasteiger partial charge in [-0.05, 0) is 82.2 Å². The summed E-state index contributed by atoms with van der Waals surface area (Å²) >= 11 is 1.47. The van der Waals surface area contributed by atoms with Crippen LogP contribution in [0.15, 0.2) is 9.42 Å². The smallest absolute Gasteiger partial charge is 0.306 e. The van der Waals surface area contributed by atoms with Crippen molar-refractivity contribution in [2.24, 2.45) is 29.6 Å². The third kappa shape index (κ3) is 7.70. The Bertz CT molecular complexity index is 1030. The highest BCUT2D eigenvalue weighted by atomic mass is 32.2.